The molecule has 0 saturated heterocycles. The lowest BCUT2D eigenvalue weighted by Gasteiger charge is -2.07. The summed E-state index contributed by atoms with van der Waals surface area (Å²) in [6.45, 7) is 0. The van der Waals surface area contributed by atoms with Gasteiger partial charge in [-0.25, -0.2) is 14.0 Å². The number of esters is 1. The van der Waals surface area contributed by atoms with Crippen molar-refractivity contribution in [3.63, 3.8) is 0 Å². The van der Waals surface area contributed by atoms with Crippen molar-refractivity contribution in [3.8, 4) is 22.6 Å². The lowest BCUT2D eigenvalue weighted by Crippen LogP contribution is -2.08. The van der Waals surface area contributed by atoms with Crippen molar-refractivity contribution >= 4 is 16.9 Å². The quantitative estimate of drug-likeness (QED) is 0.284. The predicted molar refractivity (Wildman–Crippen MR) is 106 cm³/mol. The average Bonchev–Trinajstić information content (AvgIpc) is 2.74. The third-order valence-electron chi connectivity index (χ3n) is 4.40. The van der Waals surface area contributed by atoms with E-state index in [1.807, 2.05) is 0 Å². The summed E-state index contributed by atoms with van der Waals surface area (Å²) in [5.74, 6) is -0.179. The molecule has 29 heavy (non-hydrogen) atoms. The topological polar surface area (TPSA) is 65.7 Å². The van der Waals surface area contributed by atoms with E-state index in [1.54, 1.807) is 49.6 Å². The Hall–Kier alpha value is -3.93. The van der Waals surface area contributed by atoms with Gasteiger partial charge in [0.1, 0.15) is 22.9 Å². The number of methoxy groups -OCH3 is 1. The zero-order valence-corrected chi connectivity index (χ0v) is 15.3. The number of hydrogen-bond donors (Lipinski definition) is 0. The molecule has 1 aromatic heterocycles. The van der Waals surface area contributed by atoms with E-state index in [0.29, 0.717) is 22.3 Å². The summed E-state index contributed by atoms with van der Waals surface area (Å²) in [5, 5.41) is 0.678. The van der Waals surface area contributed by atoms with Crippen molar-refractivity contribution in [1.82, 2.24) is 0 Å². The van der Waals surface area contributed by atoms with Gasteiger partial charge in [-0.1, -0.05) is 12.1 Å². The van der Waals surface area contributed by atoms with Gasteiger partial charge >= 0.3 is 11.6 Å². The van der Waals surface area contributed by atoms with Crippen LogP contribution in [0.1, 0.15) is 10.4 Å². The first kappa shape index (κ1) is 18.4. The van der Waals surface area contributed by atoms with E-state index < -0.39 is 17.4 Å². The lowest BCUT2D eigenvalue weighted by molar-refractivity contribution is 0.0735. The second kappa shape index (κ2) is 7.59. The van der Waals surface area contributed by atoms with Crippen molar-refractivity contribution in [1.29, 1.82) is 0 Å². The highest BCUT2D eigenvalue weighted by molar-refractivity contribution is 5.91. The molecule has 144 valence electrons. The molecule has 0 saturated carbocycles. The van der Waals surface area contributed by atoms with Crippen LogP contribution in [-0.4, -0.2) is 13.1 Å². The van der Waals surface area contributed by atoms with Gasteiger partial charge in [-0.15, -0.1) is 0 Å². The first-order valence-corrected chi connectivity index (χ1v) is 8.73. The number of hydrogen-bond acceptors (Lipinski definition) is 5. The normalized spacial score (nSPS) is 10.7. The molecule has 6 heteroatoms. The summed E-state index contributed by atoms with van der Waals surface area (Å²) in [6.07, 6.45) is 0. The molecule has 0 N–H and O–H groups in total. The third kappa shape index (κ3) is 3.87. The summed E-state index contributed by atoms with van der Waals surface area (Å²) >= 11 is 0. The van der Waals surface area contributed by atoms with E-state index >= 15 is 0 Å². The van der Waals surface area contributed by atoms with Crippen LogP contribution in [0.15, 0.2) is 82.0 Å². The predicted octanol–water partition coefficient (Wildman–Crippen LogP) is 4.83. The van der Waals surface area contributed by atoms with E-state index in [0.717, 1.165) is 0 Å². The molecule has 3 aromatic carbocycles. The number of ether oxygens (including phenoxy) is 2. The molecule has 4 rings (SSSR count). The van der Waals surface area contributed by atoms with Crippen LogP contribution in [-0.2, 0) is 0 Å². The molecule has 0 amide bonds. The fraction of sp³-hybridized carbons (Fsp3) is 0.0435. The minimum atomic E-state index is -0.637. The molecule has 0 unspecified atom stereocenters. The second-order valence-electron chi connectivity index (χ2n) is 6.27. The van der Waals surface area contributed by atoms with Crippen molar-refractivity contribution in [2.75, 3.05) is 7.11 Å². The standard InChI is InChI=1S/C23H15FO5/c1-27-18-9-4-14(5-10-18)20-12-16-6-11-19(13-21(16)29-23(20)26)28-22(25)15-2-7-17(24)8-3-15/h2-13H,1H3. The molecule has 4 aromatic rings. The number of carbonyl (C=O) groups is 1. The van der Waals surface area contributed by atoms with E-state index in [4.69, 9.17) is 13.9 Å². The Kier molecular flexibility index (Phi) is 4.83. The molecule has 0 aliphatic carbocycles. The first-order valence-electron chi connectivity index (χ1n) is 8.73. The van der Waals surface area contributed by atoms with Gasteiger partial charge in [-0.3, -0.25) is 0 Å². The van der Waals surface area contributed by atoms with Gasteiger partial charge in [0.2, 0.25) is 0 Å². The Morgan fingerprint density at radius 1 is 0.897 bits per heavy atom. The van der Waals surface area contributed by atoms with Crippen molar-refractivity contribution in [2.45, 2.75) is 0 Å². The largest absolute Gasteiger partial charge is 0.497 e. The molecule has 5 nitrogen and oxygen atoms in total. The SMILES string of the molecule is COc1ccc(-c2cc3ccc(OC(=O)c4ccc(F)cc4)cc3oc2=O)cc1. The molecule has 0 aliphatic heterocycles. The van der Waals surface area contributed by atoms with Gasteiger partial charge in [-0.2, -0.15) is 0 Å². The minimum absolute atomic E-state index is 0.211. The molecular weight excluding hydrogens is 375 g/mol. The van der Waals surface area contributed by atoms with Crippen LogP contribution in [0.4, 0.5) is 4.39 Å². The highest BCUT2D eigenvalue weighted by Crippen LogP contribution is 2.26. The maximum Gasteiger partial charge on any atom is 0.344 e. The second-order valence-corrected chi connectivity index (χ2v) is 6.27. The number of halogens is 1. The van der Waals surface area contributed by atoms with Crippen LogP contribution in [0.5, 0.6) is 11.5 Å². The molecule has 0 radical (unpaired) electrons. The van der Waals surface area contributed by atoms with E-state index in [1.165, 1.54) is 30.3 Å². The summed E-state index contributed by atoms with van der Waals surface area (Å²) < 4.78 is 28.8. The number of carbonyl (C=O) groups excluding carboxylic acids is 1. The Morgan fingerprint density at radius 3 is 2.28 bits per heavy atom. The van der Waals surface area contributed by atoms with Crippen LogP contribution in [0.25, 0.3) is 22.1 Å². The van der Waals surface area contributed by atoms with Gasteiger partial charge in [0, 0.05) is 11.5 Å². The van der Waals surface area contributed by atoms with E-state index in [9.17, 15) is 14.0 Å². The van der Waals surface area contributed by atoms with Crippen molar-refractivity contribution in [3.05, 3.63) is 94.6 Å². The fourth-order valence-corrected chi connectivity index (χ4v) is 2.88. The Labute approximate surface area is 164 Å². The molecule has 0 bridgehead atoms. The van der Waals surface area contributed by atoms with Crippen LogP contribution in [0, 0.1) is 5.82 Å². The third-order valence-corrected chi connectivity index (χ3v) is 4.40. The van der Waals surface area contributed by atoms with Crippen molar-refractivity contribution < 1.29 is 23.1 Å². The number of benzene rings is 3. The van der Waals surface area contributed by atoms with E-state index in [-0.39, 0.29) is 16.9 Å². The monoisotopic (exact) mass is 390 g/mol. The average molecular weight is 390 g/mol. The summed E-state index contributed by atoms with van der Waals surface area (Å²) in [5.41, 5.74) is 1.11. The summed E-state index contributed by atoms with van der Waals surface area (Å²) in [6, 6.07) is 18.6. The highest BCUT2D eigenvalue weighted by Gasteiger charge is 2.12. The van der Waals surface area contributed by atoms with E-state index in [2.05, 4.69) is 0 Å². The maximum atomic E-state index is 13.0. The van der Waals surface area contributed by atoms with Gasteiger partial charge in [-0.05, 0) is 60.2 Å². The van der Waals surface area contributed by atoms with Crippen LogP contribution >= 0.6 is 0 Å². The molecule has 0 atom stereocenters. The molecule has 0 fully saturated rings. The smallest absolute Gasteiger partial charge is 0.344 e. The molecule has 1 heterocycles. The fourth-order valence-electron chi connectivity index (χ4n) is 2.88. The van der Waals surface area contributed by atoms with Crippen LogP contribution < -0.4 is 15.1 Å². The zero-order chi connectivity index (χ0) is 20.4. The van der Waals surface area contributed by atoms with Gasteiger partial charge in [0.05, 0.1) is 18.2 Å². The summed E-state index contributed by atoms with van der Waals surface area (Å²) in [4.78, 5) is 24.6. The lowest BCUT2D eigenvalue weighted by atomic mass is 10.1. The van der Waals surface area contributed by atoms with Gasteiger partial charge in [0.25, 0.3) is 0 Å². The van der Waals surface area contributed by atoms with Crippen LogP contribution in [0.3, 0.4) is 0 Å². The van der Waals surface area contributed by atoms with Crippen LogP contribution in [0.2, 0.25) is 0 Å². The van der Waals surface area contributed by atoms with Gasteiger partial charge < -0.3 is 13.9 Å². The minimum Gasteiger partial charge on any atom is -0.497 e. The number of rotatable bonds is 4. The Balaban J connectivity index is 1.63. The zero-order valence-electron chi connectivity index (χ0n) is 15.3. The van der Waals surface area contributed by atoms with Gasteiger partial charge in [0.15, 0.2) is 0 Å². The summed E-state index contributed by atoms with van der Waals surface area (Å²) in [7, 11) is 1.57. The van der Waals surface area contributed by atoms with Crippen molar-refractivity contribution in [2.24, 2.45) is 0 Å². The Morgan fingerprint density at radius 2 is 1.59 bits per heavy atom. The highest BCUT2D eigenvalue weighted by atomic mass is 19.1. The molecule has 0 spiro atoms. The molecular formula is C23H15FO5. The molecule has 0 aliphatic rings. The maximum absolute atomic E-state index is 13.0. The Bertz CT molecular complexity index is 1240. The number of fused-ring (bicyclic) bond motifs is 1. The first-order chi connectivity index (χ1) is 14.0.